The molecule has 132 valence electrons. The highest BCUT2D eigenvalue weighted by Crippen LogP contribution is 2.28. The van der Waals surface area contributed by atoms with Crippen LogP contribution in [0.15, 0.2) is 36.3 Å². The van der Waals surface area contributed by atoms with Gasteiger partial charge >= 0.3 is 5.97 Å². The van der Waals surface area contributed by atoms with Crippen LogP contribution in [0.3, 0.4) is 0 Å². The van der Waals surface area contributed by atoms with Crippen LogP contribution in [-0.2, 0) is 23.8 Å². The maximum atomic E-state index is 12.3. The van der Waals surface area contributed by atoms with Gasteiger partial charge in [0, 0.05) is 7.05 Å². The van der Waals surface area contributed by atoms with E-state index >= 15 is 0 Å². The summed E-state index contributed by atoms with van der Waals surface area (Å²) in [6.07, 6.45) is 1.20. The van der Waals surface area contributed by atoms with Crippen molar-refractivity contribution >= 4 is 33.4 Å². The fourth-order valence-corrected chi connectivity index (χ4v) is 3.29. The average Bonchev–Trinajstić information content (AvgIpc) is 3.09. The van der Waals surface area contributed by atoms with Gasteiger partial charge in [-0.05, 0) is 19.1 Å². The summed E-state index contributed by atoms with van der Waals surface area (Å²) in [5.41, 5.74) is 0.906. The number of rotatable bonds is 5. The van der Waals surface area contributed by atoms with Gasteiger partial charge in [-0.15, -0.1) is 11.3 Å². The number of likely N-dealkylation sites (N-methyl/N-ethyl adjacent to an activating group) is 1. The Morgan fingerprint density at radius 2 is 2.16 bits per heavy atom. The molecule has 1 aromatic heterocycles. The fourth-order valence-electron chi connectivity index (χ4n) is 2.23. The molecule has 1 atom stereocenters. The molecule has 2 heterocycles. The van der Waals surface area contributed by atoms with Crippen molar-refractivity contribution in [1.82, 2.24) is 9.88 Å². The first-order valence-corrected chi connectivity index (χ1v) is 8.60. The minimum atomic E-state index is -0.714. The number of fused-ring (bicyclic) bond motifs is 1. The highest BCUT2D eigenvalue weighted by Gasteiger charge is 2.23. The smallest absolute Gasteiger partial charge is 0.377 e. The summed E-state index contributed by atoms with van der Waals surface area (Å²) in [5, 5.41) is 0.829. The third-order valence-electron chi connectivity index (χ3n) is 3.82. The molecule has 0 spiro atoms. The zero-order valence-electron chi connectivity index (χ0n) is 13.9. The van der Waals surface area contributed by atoms with Crippen LogP contribution in [0.2, 0.25) is 0 Å². The van der Waals surface area contributed by atoms with Gasteiger partial charge in [0.1, 0.15) is 24.5 Å². The molecule has 7 nitrogen and oxygen atoms in total. The van der Waals surface area contributed by atoms with Crippen molar-refractivity contribution in [3.05, 3.63) is 41.3 Å². The van der Waals surface area contributed by atoms with Gasteiger partial charge in [0.2, 0.25) is 5.76 Å². The summed E-state index contributed by atoms with van der Waals surface area (Å²) in [4.78, 5) is 30.2. The number of ether oxygens (including phenoxy) is 3. The molecule has 0 N–H and O–H groups in total. The summed E-state index contributed by atoms with van der Waals surface area (Å²) in [5.74, 6) is -1.06. The quantitative estimate of drug-likeness (QED) is 0.759. The summed E-state index contributed by atoms with van der Waals surface area (Å²) < 4.78 is 16.2. The molecule has 0 unspecified atom stereocenters. The molecule has 1 aliphatic heterocycles. The molecule has 1 aromatic carbocycles. The van der Waals surface area contributed by atoms with E-state index < -0.39 is 5.97 Å². The molecule has 0 saturated carbocycles. The third kappa shape index (κ3) is 3.90. The Bertz CT molecular complexity index is 783. The molecule has 2 aromatic rings. The van der Waals surface area contributed by atoms with E-state index in [1.807, 2.05) is 31.2 Å². The molecule has 8 heteroatoms. The molecule has 0 aliphatic carbocycles. The predicted octanol–water partition coefficient (Wildman–Crippen LogP) is 2.25. The van der Waals surface area contributed by atoms with Gasteiger partial charge < -0.3 is 19.1 Å². The Kier molecular flexibility index (Phi) is 5.18. The number of esters is 1. The first-order chi connectivity index (χ1) is 12.1. The van der Waals surface area contributed by atoms with E-state index in [4.69, 9.17) is 14.2 Å². The van der Waals surface area contributed by atoms with Gasteiger partial charge in [0.05, 0.1) is 16.3 Å². The zero-order valence-corrected chi connectivity index (χ0v) is 14.7. The van der Waals surface area contributed by atoms with E-state index in [1.165, 1.54) is 22.5 Å². The van der Waals surface area contributed by atoms with Gasteiger partial charge in [0.15, 0.2) is 6.61 Å². The Balaban J connectivity index is 1.59. The first-order valence-electron chi connectivity index (χ1n) is 7.79. The van der Waals surface area contributed by atoms with Crippen molar-refractivity contribution in [2.75, 3.05) is 26.9 Å². The van der Waals surface area contributed by atoms with Crippen LogP contribution in [0.4, 0.5) is 0 Å². The summed E-state index contributed by atoms with van der Waals surface area (Å²) >= 11 is 1.54. The van der Waals surface area contributed by atoms with Crippen molar-refractivity contribution < 1.29 is 23.8 Å². The summed E-state index contributed by atoms with van der Waals surface area (Å²) in [6, 6.07) is 7.58. The van der Waals surface area contributed by atoms with E-state index in [0.717, 1.165) is 15.2 Å². The molecule has 0 radical (unpaired) electrons. The molecular formula is C17H18N2O5S. The monoisotopic (exact) mass is 362 g/mol. The number of carbonyl (C=O) groups is 2. The Hall–Kier alpha value is -2.61. The van der Waals surface area contributed by atoms with E-state index in [0.29, 0.717) is 6.61 Å². The Labute approximate surface area is 148 Å². The van der Waals surface area contributed by atoms with Gasteiger partial charge in [0.25, 0.3) is 5.91 Å². The minimum absolute atomic E-state index is 0.0269. The van der Waals surface area contributed by atoms with Crippen LogP contribution in [0.1, 0.15) is 18.0 Å². The number of thiazole rings is 1. The maximum absolute atomic E-state index is 12.3. The Morgan fingerprint density at radius 1 is 1.36 bits per heavy atom. The standard InChI is InChI=1S/C17H18N2O5S/c1-11(16-18-12-5-3-4-6-14(12)25-16)19(2)15(20)10-24-17(21)13-9-22-7-8-23-13/h3-6,9,11H,7-8,10H2,1-2H3/t11-/m1/s1. The number of amides is 1. The number of nitrogens with zero attached hydrogens (tertiary/aromatic N) is 2. The predicted molar refractivity (Wildman–Crippen MR) is 91.8 cm³/mol. The lowest BCUT2D eigenvalue weighted by atomic mass is 10.3. The number of carbonyl (C=O) groups excluding carboxylic acids is 2. The lowest BCUT2D eigenvalue weighted by Crippen LogP contribution is -2.33. The lowest BCUT2D eigenvalue weighted by Gasteiger charge is -2.23. The van der Waals surface area contributed by atoms with Gasteiger partial charge in [-0.1, -0.05) is 12.1 Å². The first kappa shape index (κ1) is 17.2. The van der Waals surface area contributed by atoms with Crippen molar-refractivity contribution in [2.24, 2.45) is 0 Å². The van der Waals surface area contributed by atoms with Crippen molar-refractivity contribution in [2.45, 2.75) is 13.0 Å². The summed E-state index contributed by atoms with van der Waals surface area (Å²) in [7, 11) is 1.66. The molecule has 1 aliphatic rings. The fraction of sp³-hybridized carbons (Fsp3) is 0.353. The highest BCUT2D eigenvalue weighted by molar-refractivity contribution is 7.18. The van der Waals surface area contributed by atoms with E-state index in [9.17, 15) is 9.59 Å². The third-order valence-corrected chi connectivity index (χ3v) is 5.03. The topological polar surface area (TPSA) is 78.0 Å². The number of hydrogen-bond acceptors (Lipinski definition) is 7. The maximum Gasteiger partial charge on any atom is 0.377 e. The van der Waals surface area contributed by atoms with Crippen LogP contribution >= 0.6 is 11.3 Å². The number of para-hydroxylation sites is 1. The second-order valence-electron chi connectivity index (χ2n) is 5.48. The molecule has 0 saturated heterocycles. The van der Waals surface area contributed by atoms with E-state index in [-0.39, 0.29) is 30.9 Å². The van der Waals surface area contributed by atoms with E-state index in [1.54, 1.807) is 7.05 Å². The molecular weight excluding hydrogens is 344 g/mol. The van der Waals surface area contributed by atoms with Gasteiger partial charge in [-0.25, -0.2) is 9.78 Å². The molecule has 0 bridgehead atoms. The van der Waals surface area contributed by atoms with Crippen LogP contribution in [-0.4, -0.2) is 48.6 Å². The number of benzene rings is 1. The SMILES string of the molecule is C[C@H](c1nc2ccccc2s1)N(C)C(=O)COC(=O)C1=COCCO1. The van der Waals surface area contributed by atoms with Crippen LogP contribution < -0.4 is 0 Å². The molecule has 1 amide bonds. The second-order valence-corrected chi connectivity index (χ2v) is 6.54. The number of aromatic nitrogens is 1. The van der Waals surface area contributed by atoms with Crippen LogP contribution in [0, 0.1) is 0 Å². The normalized spacial score (nSPS) is 14.9. The number of hydrogen-bond donors (Lipinski definition) is 0. The van der Waals surface area contributed by atoms with Crippen molar-refractivity contribution in [1.29, 1.82) is 0 Å². The van der Waals surface area contributed by atoms with Crippen molar-refractivity contribution in [3.63, 3.8) is 0 Å². The molecule has 0 fully saturated rings. The Morgan fingerprint density at radius 3 is 2.88 bits per heavy atom. The molecule has 25 heavy (non-hydrogen) atoms. The zero-order chi connectivity index (χ0) is 17.8. The van der Waals surface area contributed by atoms with Gasteiger partial charge in [-0.3, -0.25) is 4.79 Å². The van der Waals surface area contributed by atoms with Gasteiger partial charge in [-0.2, -0.15) is 0 Å². The van der Waals surface area contributed by atoms with Crippen LogP contribution in [0.5, 0.6) is 0 Å². The average molecular weight is 362 g/mol. The van der Waals surface area contributed by atoms with Crippen LogP contribution in [0.25, 0.3) is 10.2 Å². The van der Waals surface area contributed by atoms with Crippen molar-refractivity contribution in [3.8, 4) is 0 Å². The lowest BCUT2D eigenvalue weighted by molar-refractivity contribution is -0.152. The molecule has 3 rings (SSSR count). The largest absolute Gasteiger partial charge is 0.493 e. The summed E-state index contributed by atoms with van der Waals surface area (Å²) in [6.45, 7) is 2.19. The minimum Gasteiger partial charge on any atom is -0.493 e. The second kappa shape index (κ2) is 7.52. The highest BCUT2D eigenvalue weighted by atomic mass is 32.1. The van der Waals surface area contributed by atoms with E-state index in [2.05, 4.69) is 4.98 Å².